The van der Waals surface area contributed by atoms with Gasteiger partial charge in [-0.2, -0.15) is 0 Å². The molecule has 0 N–H and O–H groups in total. The van der Waals surface area contributed by atoms with Gasteiger partial charge in [-0.05, 0) is 43.0 Å². The highest BCUT2D eigenvalue weighted by Crippen LogP contribution is 2.30. The van der Waals surface area contributed by atoms with Gasteiger partial charge in [-0.15, -0.1) is 0 Å². The van der Waals surface area contributed by atoms with Gasteiger partial charge in [0.25, 0.3) is 0 Å². The normalized spacial score (nSPS) is 15.8. The van der Waals surface area contributed by atoms with Gasteiger partial charge in [-0.1, -0.05) is 15.9 Å². The molecule has 1 aliphatic carbocycles. The Morgan fingerprint density at radius 1 is 1.31 bits per heavy atom. The zero-order chi connectivity index (χ0) is 9.26. The predicted octanol–water partition coefficient (Wildman–Crippen LogP) is 3.30. The predicted molar refractivity (Wildman–Crippen MR) is 60.1 cm³/mol. The Kier molecular flexibility index (Phi) is 2.58. The minimum absolute atomic E-state index is 0.952. The molecule has 0 radical (unpaired) electrons. The summed E-state index contributed by atoms with van der Waals surface area (Å²) in [7, 11) is 2.17. The molecule has 0 bridgehead atoms. The first-order chi connectivity index (χ1) is 6.25. The van der Waals surface area contributed by atoms with Crippen LogP contribution in [0, 0.1) is 5.92 Å². The number of rotatable bonds is 3. The van der Waals surface area contributed by atoms with Gasteiger partial charge >= 0.3 is 0 Å². The van der Waals surface area contributed by atoms with E-state index in [2.05, 4.69) is 52.1 Å². The van der Waals surface area contributed by atoms with E-state index in [4.69, 9.17) is 0 Å². The molecule has 1 nitrogen and oxygen atoms in total. The maximum Gasteiger partial charge on any atom is 0.0364 e. The second kappa shape index (κ2) is 3.70. The molecule has 0 heterocycles. The lowest BCUT2D eigenvalue weighted by molar-refractivity contribution is 0.787. The smallest absolute Gasteiger partial charge is 0.0364 e. The van der Waals surface area contributed by atoms with E-state index in [1.165, 1.54) is 25.1 Å². The molecule has 0 spiro atoms. The standard InChI is InChI=1S/C11H14BrN/c1-13(8-9-2-3-9)11-6-4-10(12)5-7-11/h4-7,9H,2-3,8H2,1H3. The van der Waals surface area contributed by atoms with Crippen molar-refractivity contribution < 1.29 is 0 Å². The Morgan fingerprint density at radius 2 is 1.92 bits per heavy atom. The molecular weight excluding hydrogens is 226 g/mol. The highest BCUT2D eigenvalue weighted by Gasteiger charge is 2.22. The van der Waals surface area contributed by atoms with E-state index in [9.17, 15) is 0 Å². The SMILES string of the molecule is CN(CC1CC1)c1ccc(Br)cc1. The Labute approximate surface area is 87.9 Å². The van der Waals surface area contributed by atoms with Crippen LogP contribution in [0.15, 0.2) is 28.7 Å². The summed E-state index contributed by atoms with van der Waals surface area (Å²) in [5.74, 6) is 0.952. The Hall–Kier alpha value is -0.500. The van der Waals surface area contributed by atoms with E-state index in [0.29, 0.717) is 0 Å². The molecule has 0 aliphatic heterocycles. The van der Waals surface area contributed by atoms with Crippen LogP contribution >= 0.6 is 15.9 Å². The third-order valence-corrected chi connectivity index (χ3v) is 3.03. The van der Waals surface area contributed by atoms with E-state index in [-0.39, 0.29) is 0 Å². The van der Waals surface area contributed by atoms with E-state index in [0.717, 1.165) is 10.4 Å². The van der Waals surface area contributed by atoms with Crippen molar-refractivity contribution in [2.24, 2.45) is 5.92 Å². The molecule has 0 amide bonds. The van der Waals surface area contributed by atoms with Crippen molar-refractivity contribution in [1.82, 2.24) is 0 Å². The first kappa shape index (κ1) is 9.07. The monoisotopic (exact) mass is 239 g/mol. The molecule has 0 aromatic heterocycles. The number of halogens is 1. The van der Waals surface area contributed by atoms with Gasteiger partial charge in [0.15, 0.2) is 0 Å². The summed E-state index contributed by atoms with van der Waals surface area (Å²) >= 11 is 3.44. The van der Waals surface area contributed by atoms with Gasteiger partial charge < -0.3 is 4.90 Å². The van der Waals surface area contributed by atoms with E-state index in [1.54, 1.807) is 0 Å². The van der Waals surface area contributed by atoms with Crippen LogP contribution in [0.3, 0.4) is 0 Å². The van der Waals surface area contributed by atoms with Gasteiger partial charge in [-0.3, -0.25) is 0 Å². The molecule has 2 rings (SSSR count). The highest BCUT2D eigenvalue weighted by atomic mass is 79.9. The van der Waals surface area contributed by atoms with Crippen molar-refractivity contribution in [3.63, 3.8) is 0 Å². The van der Waals surface area contributed by atoms with Crippen LogP contribution in [-0.4, -0.2) is 13.6 Å². The van der Waals surface area contributed by atoms with Crippen LogP contribution in [0.5, 0.6) is 0 Å². The lowest BCUT2D eigenvalue weighted by Gasteiger charge is -2.18. The number of benzene rings is 1. The number of hydrogen-bond acceptors (Lipinski definition) is 1. The van der Waals surface area contributed by atoms with Gasteiger partial charge in [0.2, 0.25) is 0 Å². The highest BCUT2D eigenvalue weighted by molar-refractivity contribution is 9.10. The van der Waals surface area contributed by atoms with Crippen molar-refractivity contribution in [2.45, 2.75) is 12.8 Å². The average molecular weight is 240 g/mol. The van der Waals surface area contributed by atoms with Crippen LogP contribution in [0.25, 0.3) is 0 Å². The Bertz CT molecular complexity index is 277. The maximum absolute atomic E-state index is 3.44. The zero-order valence-corrected chi connectivity index (χ0v) is 9.42. The minimum Gasteiger partial charge on any atom is -0.374 e. The van der Waals surface area contributed by atoms with E-state index < -0.39 is 0 Å². The summed E-state index contributed by atoms with van der Waals surface area (Å²) in [6, 6.07) is 8.51. The second-order valence-electron chi connectivity index (χ2n) is 3.80. The first-order valence-corrected chi connectivity index (χ1v) is 5.52. The van der Waals surface area contributed by atoms with Crippen LogP contribution in [-0.2, 0) is 0 Å². The number of nitrogens with zero attached hydrogens (tertiary/aromatic N) is 1. The molecule has 1 aromatic carbocycles. The number of hydrogen-bond donors (Lipinski definition) is 0. The Balaban J connectivity index is 2.01. The summed E-state index contributed by atoms with van der Waals surface area (Å²) in [5.41, 5.74) is 1.31. The minimum atomic E-state index is 0.952. The molecule has 1 aromatic rings. The van der Waals surface area contributed by atoms with Crippen LogP contribution in [0.2, 0.25) is 0 Å². The third-order valence-electron chi connectivity index (χ3n) is 2.50. The molecule has 1 saturated carbocycles. The Morgan fingerprint density at radius 3 is 2.46 bits per heavy atom. The van der Waals surface area contributed by atoms with Crippen molar-refractivity contribution in [1.29, 1.82) is 0 Å². The maximum atomic E-state index is 3.44. The molecule has 0 unspecified atom stereocenters. The third kappa shape index (κ3) is 2.47. The quantitative estimate of drug-likeness (QED) is 0.783. The second-order valence-corrected chi connectivity index (χ2v) is 4.72. The molecule has 0 atom stereocenters. The van der Waals surface area contributed by atoms with Gasteiger partial charge in [0.05, 0.1) is 0 Å². The van der Waals surface area contributed by atoms with Crippen LogP contribution in [0.1, 0.15) is 12.8 Å². The van der Waals surface area contributed by atoms with Gasteiger partial charge in [0.1, 0.15) is 0 Å². The van der Waals surface area contributed by atoms with Crippen molar-refractivity contribution >= 4 is 21.6 Å². The summed E-state index contributed by atoms with van der Waals surface area (Å²) in [6.07, 6.45) is 2.84. The zero-order valence-electron chi connectivity index (χ0n) is 7.83. The fourth-order valence-electron chi connectivity index (χ4n) is 1.49. The largest absolute Gasteiger partial charge is 0.374 e. The van der Waals surface area contributed by atoms with E-state index in [1.807, 2.05) is 0 Å². The summed E-state index contributed by atoms with van der Waals surface area (Å²) < 4.78 is 1.15. The molecule has 1 fully saturated rings. The molecular formula is C11H14BrN. The average Bonchev–Trinajstić information content (AvgIpc) is 2.89. The molecule has 1 aliphatic rings. The van der Waals surface area contributed by atoms with Crippen LogP contribution in [0.4, 0.5) is 5.69 Å². The van der Waals surface area contributed by atoms with Crippen LogP contribution < -0.4 is 4.90 Å². The molecule has 2 heteroatoms. The van der Waals surface area contributed by atoms with Gasteiger partial charge in [0, 0.05) is 23.8 Å². The summed E-state index contributed by atoms with van der Waals surface area (Å²) in [5, 5.41) is 0. The summed E-state index contributed by atoms with van der Waals surface area (Å²) in [6.45, 7) is 1.21. The van der Waals surface area contributed by atoms with Crippen molar-refractivity contribution in [3.05, 3.63) is 28.7 Å². The fraction of sp³-hybridized carbons (Fsp3) is 0.455. The first-order valence-electron chi connectivity index (χ1n) is 4.72. The van der Waals surface area contributed by atoms with Gasteiger partial charge in [-0.25, -0.2) is 0 Å². The topological polar surface area (TPSA) is 3.24 Å². The van der Waals surface area contributed by atoms with E-state index >= 15 is 0 Å². The number of anilines is 1. The molecule has 70 valence electrons. The summed E-state index contributed by atoms with van der Waals surface area (Å²) in [4.78, 5) is 2.34. The lowest BCUT2D eigenvalue weighted by Crippen LogP contribution is -2.19. The lowest BCUT2D eigenvalue weighted by atomic mass is 10.3. The molecule has 13 heavy (non-hydrogen) atoms. The van der Waals surface area contributed by atoms with Crippen molar-refractivity contribution in [2.75, 3.05) is 18.5 Å². The molecule has 0 saturated heterocycles. The van der Waals surface area contributed by atoms with Crippen molar-refractivity contribution in [3.8, 4) is 0 Å². The fourth-order valence-corrected chi connectivity index (χ4v) is 1.75.